The molecule has 10 heteroatoms. The van der Waals surface area contributed by atoms with Gasteiger partial charge in [0.2, 0.25) is 0 Å². The first-order valence-electron chi connectivity index (χ1n) is 19.2. The zero-order valence-electron chi connectivity index (χ0n) is 30.4. The quantitative estimate of drug-likeness (QED) is 0.197. The van der Waals surface area contributed by atoms with Gasteiger partial charge in [-0.1, -0.05) is 64.0 Å². The zero-order valence-corrected chi connectivity index (χ0v) is 31.1. The average molecular weight is 713 g/mol. The molecule has 0 bridgehead atoms. The second-order valence-corrected chi connectivity index (χ2v) is 14.9. The van der Waals surface area contributed by atoms with Gasteiger partial charge in [0.15, 0.2) is 13.2 Å². The highest BCUT2D eigenvalue weighted by Crippen LogP contribution is 2.35. The van der Waals surface area contributed by atoms with Crippen molar-refractivity contribution in [1.29, 1.82) is 0 Å². The van der Waals surface area contributed by atoms with Crippen LogP contribution < -0.4 is 19.3 Å². The van der Waals surface area contributed by atoms with Crippen LogP contribution in [-0.2, 0) is 9.59 Å². The van der Waals surface area contributed by atoms with Crippen molar-refractivity contribution in [2.75, 3.05) is 75.4 Å². The van der Waals surface area contributed by atoms with Crippen LogP contribution in [0.1, 0.15) is 90.9 Å². The van der Waals surface area contributed by atoms with Gasteiger partial charge in [-0.25, -0.2) is 4.39 Å². The molecule has 50 heavy (non-hydrogen) atoms. The van der Waals surface area contributed by atoms with E-state index in [0.717, 1.165) is 63.1 Å². The third kappa shape index (κ3) is 11.1. The third-order valence-corrected chi connectivity index (χ3v) is 11.0. The van der Waals surface area contributed by atoms with E-state index < -0.39 is 0 Å². The van der Waals surface area contributed by atoms with Crippen molar-refractivity contribution < 1.29 is 23.5 Å². The molecule has 0 saturated carbocycles. The fourth-order valence-electron chi connectivity index (χ4n) is 7.73. The summed E-state index contributed by atoms with van der Waals surface area (Å²) < 4.78 is 24.4. The molecule has 0 spiro atoms. The Morgan fingerprint density at radius 1 is 0.660 bits per heavy atom. The number of carbonyl (C=O) groups excluding carboxylic acids is 2. The number of hydrogen-bond donors (Lipinski definition) is 0. The predicted octanol–water partition coefficient (Wildman–Crippen LogP) is 8.20. The van der Waals surface area contributed by atoms with E-state index in [1.807, 2.05) is 17.0 Å². The molecule has 0 unspecified atom stereocenters. The predicted molar refractivity (Wildman–Crippen MR) is 200 cm³/mol. The van der Waals surface area contributed by atoms with Crippen LogP contribution in [0, 0.1) is 17.7 Å². The number of fused-ring (bicyclic) bond motifs is 2. The maximum atomic E-state index is 13.5. The number of amides is 2. The van der Waals surface area contributed by atoms with Gasteiger partial charge < -0.3 is 29.1 Å². The van der Waals surface area contributed by atoms with E-state index in [1.165, 1.54) is 89.4 Å². The number of rotatable bonds is 14. The van der Waals surface area contributed by atoms with Gasteiger partial charge in [0.05, 0.1) is 11.4 Å². The molecular formula is C40H58ClFN4O4. The number of likely N-dealkylation sites (tertiary alicyclic amines) is 2. The van der Waals surface area contributed by atoms with E-state index in [9.17, 15) is 14.0 Å². The lowest BCUT2D eigenvalue weighted by atomic mass is 9.91. The number of nitrogens with zero attached hydrogens (tertiary/aromatic N) is 4. The van der Waals surface area contributed by atoms with Crippen LogP contribution in [0.4, 0.5) is 15.8 Å². The van der Waals surface area contributed by atoms with Crippen LogP contribution in [-0.4, -0.2) is 87.2 Å². The van der Waals surface area contributed by atoms with Crippen molar-refractivity contribution in [2.45, 2.75) is 90.9 Å². The van der Waals surface area contributed by atoms with Gasteiger partial charge in [-0.2, -0.15) is 0 Å². The SMILES string of the molecule is CCCCC1CCN(CCCN2C(=O)COc3cc(Cl)ccc32)CC1.CCCCC1CCN(CCCN2C(=O)COc3ccc(F)cc32)CC1. The maximum absolute atomic E-state index is 13.5. The van der Waals surface area contributed by atoms with Crippen molar-refractivity contribution in [3.63, 3.8) is 0 Å². The molecule has 0 aliphatic carbocycles. The number of ether oxygens (including phenoxy) is 2. The molecule has 2 fully saturated rings. The molecule has 2 saturated heterocycles. The van der Waals surface area contributed by atoms with E-state index in [2.05, 4.69) is 23.6 Å². The number of halogens is 2. The summed E-state index contributed by atoms with van der Waals surface area (Å²) in [5.74, 6) is 2.74. The second-order valence-electron chi connectivity index (χ2n) is 14.5. The number of carbonyl (C=O) groups is 2. The second kappa shape index (κ2) is 19.7. The van der Waals surface area contributed by atoms with Crippen LogP contribution in [0.25, 0.3) is 0 Å². The van der Waals surface area contributed by atoms with E-state index in [1.54, 1.807) is 17.0 Å². The van der Waals surface area contributed by atoms with Crippen LogP contribution in [0.5, 0.6) is 11.5 Å². The molecule has 0 radical (unpaired) electrons. The largest absolute Gasteiger partial charge is 0.482 e. The van der Waals surface area contributed by atoms with Crippen LogP contribution in [0.15, 0.2) is 36.4 Å². The molecule has 0 aromatic heterocycles. The van der Waals surface area contributed by atoms with E-state index >= 15 is 0 Å². The number of anilines is 2. The Morgan fingerprint density at radius 2 is 1.18 bits per heavy atom. The van der Waals surface area contributed by atoms with Crippen molar-refractivity contribution >= 4 is 34.8 Å². The maximum Gasteiger partial charge on any atom is 0.265 e. The highest BCUT2D eigenvalue weighted by Gasteiger charge is 2.28. The molecule has 4 aliphatic rings. The first kappa shape index (κ1) is 38.4. The summed E-state index contributed by atoms with van der Waals surface area (Å²) in [5, 5.41) is 0.638. The number of benzene rings is 2. The number of hydrogen-bond acceptors (Lipinski definition) is 6. The Labute approximate surface area is 304 Å². The lowest BCUT2D eigenvalue weighted by molar-refractivity contribution is -0.122. The van der Waals surface area contributed by atoms with Gasteiger partial charge in [0.1, 0.15) is 17.3 Å². The third-order valence-electron chi connectivity index (χ3n) is 10.8. The first-order valence-corrected chi connectivity index (χ1v) is 19.6. The average Bonchev–Trinajstić information content (AvgIpc) is 3.13. The molecule has 0 N–H and O–H groups in total. The molecule has 4 heterocycles. The standard InChI is InChI=1S/C20H29ClN2O2.C20H29FN2O2/c1-2-3-5-16-8-12-22(13-9-16)10-4-11-23-18-7-6-17(21)14-19(18)25-15-20(23)24;1-2-3-5-16-8-12-22(13-9-16)10-4-11-23-18-14-17(21)6-7-19(18)25-15-20(23)24/h2*6-7,14,16H,2-5,8-13,15H2,1H3. The minimum Gasteiger partial charge on any atom is -0.482 e. The fraction of sp³-hybridized carbons (Fsp3) is 0.650. The van der Waals surface area contributed by atoms with Gasteiger partial charge in [-0.05, 0) is 114 Å². The summed E-state index contributed by atoms with van der Waals surface area (Å²) in [7, 11) is 0. The Hall–Kier alpha value is -2.88. The Bertz CT molecular complexity index is 1380. The highest BCUT2D eigenvalue weighted by molar-refractivity contribution is 6.30. The summed E-state index contributed by atoms with van der Waals surface area (Å²) in [6, 6.07) is 9.86. The molecule has 2 amide bonds. The van der Waals surface area contributed by atoms with Gasteiger partial charge in [-0.3, -0.25) is 9.59 Å². The molecule has 2 aromatic rings. The Balaban J connectivity index is 0.000000194. The number of piperidine rings is 2. The van der Waals surface area contributed by atoms with Crippen molar-refractivity contribution in [3.8, 4) is 11.5 Å². The van der Waals surface area contributed by atoms with Crippen molar-refractivity contribution in [1.82, 2.24) is 9.80 Å². The van der Waals surface area contributed by atoms with Gasteiger partial charge in [0.25, 0.3) is 11.8 Å². The minimum atomic E-state index is -0.337. The molecule has 8 nitrogen and oxygen atoms in total. The van der Waals surface area contributed by atoms with Gasteiger partial charge in [-0.15, -0.1) is 0 Å². The summed E-state index contributed by atoms with van der Waals surface area (Å²) in [5.41, 5.74) is 1.41. The van der Waals surface area contributed by atoms with Crippen LogP contribution in [0.2, 0.25) is 5.02 Å². The summed E-state index contributed by atoms with van der Waals surface area (Å²) >= 11 is 6.02. The van der Waals surface area contributed by atoms with E-state index in [-0.39, 0.29) is 30.8 Å². The normalized spacial score (nSPS) is 19.0. The number of unbranched alkanes of at least 4 members (excludes halogenated alkanes) is 2. The monoisotopic (exact) mass is 712 g/mol. The van der Waals surface area contributed by atoms with Gasteiger partial charge in [0, 0.05) is 30.2 Å². The van der Waals surface area contributed by atoms with E-state index in [4.69, 9.17) is 21.1 Å². The topological polar surface area (TPSA) is 65.6 Å². The molecular weight excluding hydrogens is 655 g/mol. The summed E-state index contributed by atoms with van der Waals surface area (Å²) in [6.45, 7) is 12.8. The first-order chi connectivity index (χ1) is 24.3. The Morgan fingerprint density at radius 3 is 1.72 bits per heavy atom. The molecule has 0 atom stereocenters. The van der Waals surface area contributed by atoms with Crippen LogP contribution in [0.3, 0.4) is 0 Å². The lowest BCUT2D eigenvalue weighted by Gasteiger charge is -2.33. The fourth-order valence-corrected chi connectivity index (χ4v) is 7.89. The Kier molecular flexibility index (Phi) is 15.1. The zero-order chi connectivity index (χ0) is 35.3. The van der Waals surface area contributed by atoms with Crippen LogP contribution >= 0.6 is 11.6 Å². The minimum absolute atomic E-state index is 0.0353. The molecule has 2 aromatic carbocycles. The van der Waals surface area contributed by atoms with Gasteiger partial charge >= 0.3 is 0 Å². The molecule has 4 aliphatic heterocycles. The summed E-state index contributed by atoms with van der Waals surface area (Å²) in [6.07, 6.45) is 15.2. The van der Waals surface area contributed by atoms with Crippen molar-refractivity contribution in [3.05, 3.63) is 47.2 Å². The van der Waals surface area contributed by atoms with E-state index in [0.29, 0.717) is 28.8 Å². The highest BCUT2D eigenvalue weighted by atomic mass is 35.5. The summed E-state index contributed by atoms with van der Waals surface area (Å²) in [4.78, 5) is 33.0. The smallest absolute Gasteiger partial charge is 0.265 e. The lowest BCUT2D eigenvalue weighted by Crippen LogP contribution is -2.41. The molecule has 6 rings (SSSR count). The van der Waals surface area contributed by atoms with Crippen molar-refractivity contribution in [2.24, 2.45) is 11.8 Å². The molecule has 276 valence electrons.